The van der Waals surface area contributed by atoms with Gasteiger partial charge in [-0.05, 0) is 23.8 Å². The third kappa shape index (κ3) is 5.50. The Morgan fingerprint density at radius 1 is 1.03 bits per heavy atom. The van der Waals surface area contributed by atoms with Crippen LogP contribution in [-0.2, 0) is 9.53 Å². The first-order chi connectivity index (χ1) is 16.0. The van der Waals surface area contributed by atoms with Crippen molar-refractivity contribution in [3.8, 4) is 11.1 Å². The van der Waals surface area contributed by atoms with Crippen LogP contribution in [0.4, 0.5) is 10.7 Å². The minimum absolute atomic E-state index is 0.162. The van der Waals surface area contributed by atoms with Crippen molar-refractivity contribution in [1.29, 1.82) is 0 Å². The van der Waals surface area contributed by atoms with Gasteiger partial charge in [0.25, 0.3) is 0 Å². The molecule has 172 valence electrons. The Labute approximate surface area is 206 Å². The van der Waals surface area contributed by atoms with Crippen molar-refractivity contribution in [3.05, 3.63) is 69.5 Å². The summed E-state index contributed by atoms with van der Waals surface area (Å²) in [5.41, 5.74) is 3.04. The third-order valence-corrected chi connectivity index (χ3v) is 7.16. The molecule has 1 aromatic heterocycles. The molecule has 0 saturated carbocycles. The van der Waals surface area contributed by atoms with Gasteiger partial charge in [0.2, 0.25) is 5.91 Å². The minimum Gasteiger partial charge on any atom is -0.465 e. The molecular formula is C24H23Cl2N3O3S. The second-order valence-electron chi connectivity index (χ2n) is 7.62. The molecule has 1 aliphatic heterocycles. The molecule has 3 aromatic rings. The van der Waals surface area contributed by atoms with Gasteiger partial charge in [0.1, 0.15) is 10.6 Å². The summed E-state index contributed by atoms with van der Waals surface area (Å²) in [7, 11) is 1.34. The summed E-state index contributed by atoms with van der Waals surface area (Å²) in [6.07, 6.45) is 0. The van der Waals surface area contributed by atoms with Crippen molar-refractivity contribution in [1.82, 2.24) is 4.90 Å². The van der Waals surface area contributed by atoms with E-state index in [2.05, 4.69) is 15.1 Å². The summed E-state index contributed by atoms with van der Waals surface area (Å²) < 4.78 is 4.98. The number of nitrogens with one attached hydrogen (secondary N) is 1. The third-order valence-electron chi connectivity index (χ3n) is 5.53. The number of hydrogen-bond acceptors (Lipinski definition) is 6. The highest BCUT2D eigenvalue weighted by molar-refractivity contribution is 7.15. The van der Waals surface area contributed by atoms with Gasteiger partial charge < -0.3 is 15.0 Å². The zero-order valence-corrected chi connectivity index (χ0v) is 20.3. The highest BCUT2D eigenvalue weighted by Gasteiger charge is 2.24. The molecule has 9 heteroatoms. The number of thiophene rings is 1. The minimum atomic E-state index is -0.472. The molecule has 1 fully saturated rings. The Morgan fingerprint density at radius 3 is 2.42 bits per heavy atom. The predicted octanol–water partition coefficient (Wildman–Crippen LogP) is 5.27. The topological polar surface area (TPSA) is 61.9 Å². The van der Waals surface area contributed by atoms with E-state index in [-0.39, 0.29) is 12.5 Å². The molecule has 1 amide bonds. The molecule has 0 radical (unpaired) electrons. The predicted molar refractivity (Wildman–Crippen MR) is 135 cm³/mol. The number of hydrogen-bond donors (Lipinski definition) is 1. The molecule has 33 heavy (non-hydrogen) atoms. The Bertz CT molecular complexity index is 1150. The summed E-state index contributed by atoms with van der Waals surface area (Å²) >= 11 is 13.5. The Kier molecular flexibility index (Phi) is 7.55. The van der Waals surface area contributed by atoms with Crippen molar-refractivity contribution in [2.75, 3.05) is 50.1 Å². The van der Waals surface area contributed by atoms with Crippen LogP contribution in [-0.4, -0.2) is 56.6 Å². The van der Waals surface area contributed by atoms with Crippen molar-refractivity contribution in [3.63, 3.8) is 0 Å². The number of ether oxygens (including phenoxy) is 1. The fraction of sp³-hybridized carbons (Fsp3) is 0.250. The van der Waals surface area contributed by atoms with Crippen molar-refractivity contribution >= 4 is 57.1 Å². The van der Waals surface area contributed by atoms with Gasteiger partial charge in [-0.3, -0.25) is 9.69 Å². The van der Waals surface area contributed by atoms with E-state index in [1.807, 2.05) is 47.8 Å². The van der Waals surface area contributed by atoms with Crippen LogP contribution in [0.1, 0.15) is 10.4 Å². The summed E-state index contributed by atoms with van der Waals surface area (Å²) in [6, 6.07) is 15.2. The molecule has 0 spiro atoms. The first-order valence-corrected chi connectivity index (χ1v) is 12.1. The number of esters is 1. The maximum absolute atomic E-state index is 12.8. The van der Waals surface area contributed by atoms with Crippen LogP contribution >= 0.6 is 34.5 Å². The molecule has 1 saturated heterocycles. The zero-order chi connectivity index (χ0) is 23.4. The number of halogens is 2. The van der Waals surface area contributed by atoms with Crippen molar-refractivity contribution < 1.29 is 14.3 Å². The molecule has 0 atom stereocenters. The Morgan fingerprint density at radius 2 is 1.76 bits per heavy atom. The number of rotatable bonds is 6. The molecule has 1 aliphatic rings. The van der Waals surface area contributed by atoms with Gasteiger partial charge in [0, 0.05) is 42.8 Å². The maximum Gasteiger partial charge on any atom is 0.341 e. The highest BCUT2D eigenvalue weighted by atomic mass is 35.5. The van der Waals surface area contributed by atoms with Crippen LogP contribution in [0.3, 0.4) is 0 Å². The molecule has 0 bridgehead atoms. The molecule has 2 aromatic carbocycles. The summed E-state index contributed by atoms with van der Waals surface area (Å²) in [5.74, 6) is -0.634. The zero-order valence-electron chi connectivity index (χ0n) is 18.0. The van der Waals surface area contributed by atoms with E-state index in [0.29, 0.717) is 20.6 Å². The number of benzene rings is 2. The maximum atomic E-state index is 12.8. The molecular weight excluding hydrogens is 481 g/mol. The average Bonchev–Trinajstić information content (AvgIpc) is 3.24. The van der Waals surface area contributed by atoms with Gasteiger partial charge in [0.15, 0.2) is 0 Å². The lowest BCUT2D eigenvalue weighted by Crippen LogP contribution is -2.48. The molecule has 4 rings (SSSR count). The van der Waals surface area contributed by atoms with Gasteiger partial charge in [0.05, 0.1) is 23.7 Å². The average molecular weight is 504 g/mol. The standard InChI is InChI=1S/C24H23Cl2N3O3S/c1-32-24(31)22-18(16-5-3-2-4-6-16)15-33-23(22)27-21(30)14-28-9-11-29(12-10-28)17-7-8-19(25)20(26)13-17/h2-8,13,15H,9-12,14H2,1H3,(H,27,30). The first-order valence-electron chi connectivity index (χ1n) is 10.4. The second kappa shape index (κ2) is 10.6. The Hall–Kier alpha value is -2.58. The smallest absolute Gasteiger partial charge is 0.341 e. The van der Waals surface area contributed by atoms with Gasteiger partial charge in [-0.25, -0.2) is 4.79 Å². The van der Waals surface area contributed by atoms with E-state index in [4.69, 9.17) is 27.9 Å². The van der Waals surface area contributed by atoms with Gasteiger partial charge >= 0.3 is 5.97 Å². The number of methoxy groups -OCH3 is 1. The van der Waals surface area contributed by atoms with E-state index >= 15 is 0 Å². The summed E-state index contributed by atoms with van der Waals surface area (Å²) in [6.45, 7) is 3.26. The molecule has 0 unspecified atom stereocenters. The molecule has 1 N–H and O–H groups in total. The van der Waals surface area contributed by atoms with Crippen molar-refractivity contribution in [2.45, 2.75) is 0 Å². The second-order valence-corrected chi connectivity index (χ2v) is 9.31. The molecule has 6 nitrogen and oxygen atoms in total. The van der Waals surface area contributed by atoms with Crippen LogP contribution in [0, 0.1) is 0 Å². The quantitative estimate of drug-likeness (QED) is 0.464. The largest absolute Gasteiger partial charge is 0.465 e. The SMILES string of the molecule is COC(=O)c1c(-c2ccccc2)csc1NC(=O)CN1CCN(c2ccc(Cl)c(Cl)c2)CC1. The number of carbonyl (C=O) groups excluding carboxylic acids is 2. The monoisotopic (exact) mass is 503 g/mol. The lowest BCUT2D eigenvalue weighted by atomic mass is 10.0. The first kappa shape index (κ1) is 23.6. The number of nitrogens with zero attached hydrogens (tertiary/aromatic N) is 2. The molecule has 2 heterocycles. The lowest BCUT2D eigenvalue weighted by molar-refractivity contribution is -0.117. The summed E-state index contributed by atoms with van der Waals surface area (Å²) in [5, 5.41) is 6.34. The van der Waals surface area contributed by atoms with Crippen molar-refractivity contribution in [2.24, 2.45) is 0 Å². The normalized spacial score (nSPS) is 14.2. The van der Waals surface area contributed by atoms with Crippen LogP contribution in [0.5, 0.6) is 0 Å². The van der Waals surface area contributed by atoms with E-state index in [1.54, 1.807) is 6.07 Å². The lowest BCUT2D eigenvalue weighted by Gasteiger charge is -2.35. The summed E-state index contributed by atoms with van der Waals surface area (Å²) in [4.78, 5) is 29.6. The fourth-order valence-electron chi connectivity index (χ4n) is 3.80. The Balaban J connectivity index is 1.39. The van der Waals surface area contributed by atoms with E-state index in [0.717, 1.165) is 43.0 Å². The van der Waals surface area contributed by atoms with Crippen LogP contribution in [0.2, 0.25) is 10.0 Å². The number of amides is 1. The highest BCUT2D eigenvalue weighted by Crippen LogP contribution is 2.36. The molecule has 0 aliphatic carbocycles. The number of anilines is 2. The van der Waals surface area contributed by atoms with Crippen LogP contribution in [0.25, 0.3) is 11.1 Å². The number of piperazine rings is 1. The fourth-order valence-corrected chi connectivity index (χ4v) is 5.07. The number of carbonyl (C=O) groups is 2. The van der Waals surface area contributed by atoms with Crippen LogP contribution < -0.4 is 10.2 Å². The van der Waals surface area contributed by atoms with Gasteiger partial charge in [-0.15, -0.1) is 11.3 Å². The van der Waals surface area contributed by atoms with E-state index in [9.17, 15) is 9.59 Å². The van der Waals surface area contributed by atoms with Gasteiger partial charge in [-0.2, -0.15) is 0 Å². The van der Waals surface area contributed by atoms with Crippen LogP contribution in [0.15, 0.2) is 53.9 Å². The van der Waals surface area contributed by atoms with Gasteiger partial charge in [-0.1, -0.05) is 53.5 Å². The van der Waals surface area contributed by atoms with E-state index < -0.39 is 5.97 Å². The van der Waals surface area contributed by atoms with E-state index in [1.165, 1.54) is 18.4 Å².